The molecule has 4 N–H and O–H groups in total. The number of aromatic hydroxyl groups is 1. The molecule has 3 aromatic rings. The Morgan fingerprint density at radius 3 is 2.26 bits per heavy atom. The highest BCUT2D eigenvalue weighted by Gasteiger charge is 2.17. The van der Waals surface area contributed by atoms with E-state index in [4.69, 9.17) is 0 Å². The maximum atomic E-state index is 10.4. The number of phenols is 1. The highest BCUT2D eigenvalue weighted by atomic mass is 16.3. The van der Waals surface area contributed by atoms with E-state index >= 15 is 0 Å². The van der Waals surface area contributed by atoms with Crippen LogP contribution >= 0.6 is 0 Å². The fourth-order valence-corrected chi connectivity index (χ4v) is 2.42. The molecular weight excluding hydrogens is 234 g/mol. The third-order valence-corrected chi connectivity index (χ3v) is 3.51. The third kappa shape index (κ3) is 2.07. The molecule has 0 spiro atoms. The number of quaternary nitrogens is 1. The average molecular weight is 250 g/mol. The van der Waals surface area contributed by atoms with E-state index in [1.165, 1.54) is 0 Å². The van der Waals surface area contributed by atoms with Crippen molar-refractivity contribution in [3.05, 3.63) is 77.9 Å². The van der Waals surface area contributed by atoms with Crippen LogP contribution in [0, 0.1) is 0 Å². The van der Waals surface area contributed by atoms with Gasteiger partial charge < -0.3 is 10.8 Å². The molecule has 0 saturated carbocycles. The summed E-state index contributed by atoms with van der Waals surface area (Å²) in [5.74, 6) is 0.335. The van der Waals surface area contributed by atoms with Gasteiger partial charge in [0.15, 0.2) is 0 Å². The highest BCUT2D eigenvalue weighted by Crippen LogP contribution is 2.33. The molecule has 0 fully saturated rings. The van der Waals surface area contributed by atoms with Crippen molar-refractivity contribution < 1.29 is 10.8 Å². The summed E-state index contributed by atoms with van der Waals surface area (Å²) in [5.41, 5.74) is 6.16. The second-order valence-electron chi connectivity index (χ2n) is 4.69. The van der Waals surface area contributed by atoms with Crippen molar-refractivity contribution in [3.63, 3.8) is 0 Å². The monoisotopic (exact) mass is 250 g/mol. The maximum Gasteiger partial charge on any atom is 0.139 e. The molecule has 3 rings (SSSR count). The van der Waals surface area contributed by atoms with Crippen LogP contribution < -0.4 is 5.73 Å². The third-order valence-electron chi connectivity index (χ3n) is 3.51. The van der Waals surface area contributed by atoms with Crippen LogP contribution in [0.2, 0.25) is 0 Å². The van der Waals surface area contributed by atoms with Gasteiger partial charge in [-0.1, -0.05) is 60.7 Å². The lowest BCUT2D eigenvalue weighted by Crippen LogP contribution is -2.54. The van der Waals surface area contributed by atoms with Gasteiger partial charge in [-0.05, 0) is 11.5 Å². The maximum absolute atomic E-state index is 10.4. The minimum atomic E-state index is -0.0641. The Hall–Kier alpha value is -2.32. The molecule has 1 unspecified atom stereocenters. The first kappa shape index (κ1) is 11.8. The molecule has 0 radical (unpaired) electrons. The van der Waals surface area contributed by atoms with Gasteiger partial charge in [-0.2, -0.15) is 0 Å². The van der Waals surface area contributed by atoms with Crippen molar-refractivity contribution >= 4 is 10.8 Å². The summed E-state index contributed by atoms with van der Waals surface area (Å²) >= 11 is 0. The largest absolute Gasteiger partial charge is 0.507 e. The lowest BCUT2D eigenvalue weighted by Gasteiger charge is -2.12. The van der Waals surface area contributed by atoms with Gasteiger partial charge in [-0.25, -0.2) is 0 Å². The van der Waals surface area contributed by atoms with Crippen LogP contribution in [0.3, 0.4) is 0 Å². The summed E-state index contributed by atoms with van der Waals surface area (Å²) in [6.45, 7) is 0. The van der Waals surface area contributed by atoms with Crippen LogP contribution in [-0.2, 0) is 0 Å². The SMILES string of the molecule is [NH3+]C(c1ccccc1)c1ccc2ccccc2c1O. The number of benzene rings is 3. The molecule has 1 atom stereocenters. The summed E-state index contributed by atoms with van der Waals surface area (Å²) < 4.78 is 0. The van der Waals surface area contributed by atoms with Crippen molar-refractivity contribution in [2.24, 2.45) is 0 Å². The van der Waals surface area contributed by atoms with E-state index in [-0.39, 0.29) is 6.04 Å². The van der Waals surface area contributed by atoms with Gasteiger partial charge >= 0.3 is 0 Å². The van der Waals surface area contributed by atoms with Crippen molar-refractivity contribution in [1.82, 2.24) is 0 Å². The Bertz CT molecular complexity index is 707. The summed E-state index contributed by atoms with van der Waals surface area (Å²) in [6.07, 6.45) is 0. The van der Waals surface area contributed by atoms with E-state index in [2.05, 4.69) is 5.73 Å². The Morgan fingerprint density at radius 1 is 0.789 bits per heavy atom. The zero-order chi connectivity index (χ0) is 13.2. The summed E-state index contributed by atoms with van der Waals surface area (Å²) in [7, 11) is 0. The van der Waals surface area contributed by atoms with Gasteiger partial charge in [-0.15, -0.1) is 0 Å². The van der Waals surface area contributed by atoms with Gasteiger partial charge in [0.05, 0.1) is 5.56 Å². The molecule has 0 aliphatic heterocycles. The van der Waals surface area contributed by atoms with Gasteiger partial charge in [0, 0.05) is 10.9 Å². The molecule has 2 nitrogen and oxygen atoms in total. The minimum Gasteiger partial charge on any atom is -0.507 e. The lowest BCUT2D eigenvalue weighted by molar-refractivity contribution is -0.411. The molecule has 0 amide bonds. The van der Waals surface area contributed by atoms with Crippen LogP contribution in [0.15, 0.2) is 66.7 Å². The van der Waals surface area contributed by atoms with E-state index in [0.29, 0.717) is 5.75 Å². The van der Waals surface area contributed by atoms with Gasteiger partial charge in [0.1, 0.15) is 11.8 Å². The van der Waals surface area contributed by atoms with Gasteiger partial charge in [0.2, 0.25) is 0 Å². The molecule has 0 bridgehead atoms. The van der Waals surface area contributed by atoms with Crippen molar-refractivity contribution in [1.29, 1.82) is 0 Å². The molecule has 0 heterocycles. The summed E-state index contributed by atoms with van der Waals surface area (Å²) in [4.78, 5) is 0. The molecule has 0 aliphatic carbocycles. The second-order valence-corrected chi connectivity index (χ2v) is 4.69. The van der Waals surface area contributed by atoms with E-state index < -0.39 is 0 Å². The van der Waals surface area contributed by atoms with Crippen LogP contribution in [0.5, 0.6) is 5.75 Å². The molecule has 3 aromatic carbocycles. The number of hydrogen-bond acceptors (Lipinski definition) is 1. The molecule has 2 heteroatoms. The fraction of sp³-hybridized carbons (Fsp3) is 0.0588. The summed E-state index contributed by atoms with van der Waals surface area (Å²) in [6, 6.07) is 21.8. The van der Waals surface area contributed by atoms with Crippen LogP contribution in [0.25, 0.3) is 10.8 Å². The number of rotatable bonds is 2. The molecule has 0 aliphatic rings. The number of hydrogen-bond donors (Lipinski definition) is 2. The average Bonchev–Trinajstić information content (AvgIpc) is 2.48. The fourth-order valence-electron chi connectivity index (χ4n) is 2.42. The number of phenolic OH excluding ortho intramolecular Hbond substituents is 1. The quantitative estimate of drug-likeness (QED) is 0.722. The van der Waals surface area contributed by atoms with Crippen molar-refractivity contribution in [2.45, 2.75) is 6.04 Å². The molecule has 19 heavy (non-hydrogen) atoms. The standard InChI is InChI=1S/C17H15NO/c18-16(13-7-2-1-3-8-13)15-11-10-12-6-4-5-9-14(12)17(15)19/h1-11,16,19H,18H2/p+1. The highest BCUT2D eigenvalue weighted by molar-refractivity contribution is 5.89. The first-order chi connectivity index (χ1) is 9.27. The first-order valence-corrected chi connectivity index (χ1v) is 6.36. The van der Waals surface area contributed by atoms with E-state index in [9.17, 15) is 5.11 Å². The van der Waals surface area contributed by atoms with Crippen LogP contribution in [-0.4, -0.2) is 5.11 Å². The zero-order valence-electron chi connectivity index (χ0n) is 10.6. The van der Waals surface area contributed by atoms with Crippen LogP contribution in [0.4, 0.5) is 0 Å². The zero-order valence-corrected chi connectivity index (χ0v) is 10.6. The molecule has 0 saturated heterocycles. The van der Waals surface area contributed by atoms with Crippen LogP contribution in [0.1, 0.15) is 17.2 Å². The number of fused-ring (bicyclic) bond motifs is 1. The molecule has 0 aromatic heterocycles. The van der Waals surface area contributed by atoms with Crippen molar-refractivity contribution in [2.75, 3.05) is 0 Å². The Labute approximate surface area is 112 Å². The Morgan fingerprint density at radius 2 is 1.47 bits per heavy atom. The Kier molecular flexibility index (Phi) is 2.94. The second kappa shape index (κ2) is 4.75. The predicted molar refractivity (Wildman–Crippen MR) is 76.8 cm³/mol. The van der Waals surface area contributed by atoms with Gasteiger partial charge in [0.25, 0.3) is 0 Å². The van der Waals surface area contributed by atoms with E-state index in [1.54, 1.807) is 0 Å². The molecule has 94 valence electrons. The summed E-state index contributed by atoms with van der Waals surface area (Å²) in [5, 5.41) is 12.4. The van der Waals surface area contributed by atoms with Gasteiger partial charge in [-0.3, -0.25) is 0 Å². The predicted octanol–water partition coefficient (Wildman–Crippen LogP) is 2.88. The minimum absolute atomic E-state index is 0.0641. The lowest BCUT2D eigenvalue weighted by atomic mass is 9.96. The Balaban J connectivity index is 2.13. The van der Waals surface area contributed by atoms with E-state index in [1.807, 2.05) is 66.7 Å². The first-order valence-electron chi connectivity index (χ1n) is 6.36. The van der Waals surface area contributed by atoms with E-state index in [0.717, 1.165) is 21.9 Å². The molecular formula is C17H16NO+. The smallest absolute Gasteiger partial charge is 0.139 e. The normalized spacial score (nSPS) is 12.5. The van der Waals surface area contributed by atoms with Crippen molar-refractivity contribution in [3.8, 4) is 5.75 Å². The topological polar surface area (TPSA) is 47.9 Å².